The first-order chi connectivity index (χ1) is 11.5. The number of carbonyl (C=O) groups is 1. The molecule has 24 heavy (non-hydrogen) atoms. The van der Waals surface area contributed by atoms with Crippen LogP contribution in [0.4, 0.5) is 5.82 Å². The van der Waals surface area contributed by atoms with Crippen molar-refractivity contribution in [2.24, 2.45) is 0 Å². The number of nitrogens with zero attached hydrogens (tertiary/aromatic N) is 2. The zero-order valence-electron chi connectivity index (χ0n) is 14.6. The summed E-state index contributed by atoms with van der Waals surface area (Å²) in [7, 11) is 0. The third kappa shape index (κ3) is 3.78. The first kappa shape index (κ1) is 16.6. The molecule has 0 atom stereocenters. The number of aromatic nitrogens is 2. The standard InChI is InChI=1S/C19H25N3O2/c1-13(2)24-17-10-8-15(9-11-17)19(23)20-18-12-14(3)21-22(18)16-6-4-5-7-16/h8-13,16H,4-7H2,1-3H3,(H,20,23). The highest BCUT2D eigenvalue weighted by Crippen LogP contribution is 2.32. The number of hydrogen-bond donors (Lipinski definition) is 1. The van der Waals surface area contributed by atoms with Gasteiger partial charge in [0.05, 0.1) is 17.8 Å². The average Bonchev–Trinajstić information content (AvgIpc) is 3.17. The predicted octanol–water partition coefficient (Wildman–Crippen LogP) is 4.35. The minimum atomic E-state index is -0.120. The van der Waals surface area contributed by atoms with E-state index in [4.69, 9.17) is 4.74 Å². The van der Waals surface area contributed by atoms with Crippen molar-refractivity contribution in [2.75, 3.05) is 5.32 Å². The minimum Gasteiger partial charge on any atom is -0.491 e. The summed E-state index contributed by atoms with van der Waals surface area (Å²) in [5.41, 5.74) is 1.54. The van der Waals surface area contributed by atoms with Gasteiger partial charge in [0.1, 0.15) is 11.6 Å². The third-order valence-electron chi connectivity index (χ3n) is 4.26. The first-order valence-corrected chi connectivity index (χ1v) is 8.67. The molecule has 3 rings (SSSR count). The number of anilines is 1. The maximum atomic E-state index is 12.5. The van der Waals surface area contributed by atoms with E-state index in [1.54, 1.807) is 12.1 Å². The molecule has 5 heteroatoms. The number of amides is 1. The van der Waals surface area contributed by atoms with Crippen molar-refractivity contribution in [3.63, 3.8) is 0 Å². The molecule has 5 nitrogen and oxygen atoms in total. The Labute approximate surface area is 143 Å². The monoisotopic (exact) mass is 327 g/mol. The zero-order chi connectivity index (χ0) is 17.1. The molecule has 0 aliphatic heterocycles. The predicted molar refractivity (Wildman–Crippen MR) is 94.6 cm³/mol. The van der Waals surface area contributed by atoms with Crippen molar-refractivity contribution in [3.05, 3.63) is 41.6 Å². The summed E-state index contributed by atoms with van der Waals surface area (Å²) in [5, 5.41) is 7.57. The fraction of sp³-hybridized carbons (Fsp3) is 0.474. The Morgan fingerprint density at radius 1 is 1.25 bits per heavy atom. The van der Waals surface area contributed by atoms with Gasteiger partial charge < -0.3 is 10.1 Å². The van der Waals surface area contributed by atoms with Crippen molar-refractivity contribution < 1.29 is 9.53 Å². The molecule has 1 amide bonds. The fourth-order valence-electron chi connectivity index (χ4n) is 3.18. The highest BCUT2D eigenvalue weighted by atomic mass is 16.5. The lowest BCUT2D eigenvalue weighted by Crippen LogP contribution is -2.17. The molecule has 1 aromatic carbocycles. The summed E-state index contributed by atoms with van der Waals surface area (Å²) in [4.78, 5) is 12.5. The lowest BCUT2D eigenvalue weighted by Gasteiger charge is -2.15. The molecule has 0 radical (unpaired) electrons. The average molecular weight is 327 g/mol. The van der Waals surface area contributed by atoms with Gasteiger partial charge in [-0.2, -0.15) is 5.10 Å². The molecule has 1 aliphatic rings. The van der Waals surface area contributed by atoms with Crippen LogP contribution in [0.2, 0.25) is 0 Å². The summed E-state index contributed by atoms with van der Waals surface area (Å²) in [6.45, 7) is 5.92. The summed E-state index contributed by atoms with van der Waals surface area (Å²) >= 11 is 0. The molecular formula is C19H25N3O2. The molecule has 128 valence electrons. The molecule has 1 aromatic heterocycles. The van der Waals surface area contributed by atoms with Gasteiger partial charge in [0, 0.05) is 11.6 Å². The van der Waals surface area contributed by atoms with E-state index < -0.39 is 0 Å². The van der Waals surface area contributed by atoms with Gasteiger partial charge in [-0.1, -0.05) is 12.8 Å². The van der Waals surface area contributed by atoms with Gasteiger partial charge in [-0.05, 0) is 57.9 Å². The highest BCUT2D eigenvalue weighted by Gasteiger charge is 2.21. The van der Waals surface area contributed by atoms with Gasteiger partial charge in [0.2, 0.25) is 0 Å². The molecule has 1 fully saturated rings. The summed E-state index contributed by atoms with van der Waals surface area (Å²) in [5.74, 6) is 1.44. The number of nitrogens with one attached hydrogen (secondary N) is 1. The zero-order valence-corrected chi connectivity index (χ0v) is 14.6. The molecule has 0 spiro atoms. The molecule has 2 aromatic rings. The second-order valence-electron chi connectivity index (χ2n) is 6.70. The lowest BCUT2D eigenvalue weighted by atomic mass is 10.2. The summed E-state index contributed by atoms with van der Waals surface area (Å²) in [6.07, 6.45) is 4.84. The van der Waals surface area contributed by atoms with Gasteiger partial charge in [0.25, 0.3) is 5.91 Å². The van der Waals surface area contributed by atoms with E-state index in [-0.39, 0.29) is 12.0 Å². The van der Waals surface area contributed by atoms with E-state index >= 15 is 0 Å². The van der Waals surface area contributed by atoms with Crippen molar-refractivity contribution in [2.45, 2.75) is 58.6 Å². The van der Waals surface area contributed by atoms with Gasteiger partial charge in [-0.25, -0.2) is 4.68 Å². The molecule has 0 bridgehead atoms. The topological polar surface area (TPSA) is 56.1 Å². The Balaban J connectivity index is 1.72. The summed E-state index contributed by atoms with van der Waals surface area (Å²) < 4.78 is 7.59. The number of rotatable bonds is 5. The maximum Gasteiger partial charge on any atom is 0.256 e. The van der Waals surface area contributed by atoms with Crippen LogP contribution in [-0.2, 0) is 0 Å². The Bertz CT molecular complexity index is 698. The Hall–Kier alpha value is -2.30. The minimum absolute atomic E-state index is 0.119. The van der Waals surface area contributed by atoms with Crippen LogP contribution in [0.25, 0.3) is 0 Å². The number of benzene rings is 1. The summed E-state index contributed by atoms with van der Waals surface area (Å²) in [6, 6.07) is 9.57. The molecule has 1 N–H and O–H groups in total. The number of carbonyl (C=O) groups excluding carboxylic acids is 1. The van der Waals surface area contributed by atoms with Crippen molar-refractivity contribution >= 4 is 11.7 Å². The molecule has 1 aliphatic carbocycles. The Kier molecular flexibility index (Phi) is 4.88. The smallest absolute Gasteiger partial charge is 0.256 e. The van der Waals surface area contributed by atoms with Crippen LogP contribution >= 0.6 is 0 Å². The van der Waals surface area contributed by atoms with Gasteiger partial charge >= 0.3 is 0 Å². The molecule has 0 unspecified atom stereocenters. The van der Waals surface area contributed by atoms with E-state index in [0.29, 0.717) is 11.6 Å². The SMILES string of the molecule is Cc1cc(NC(=O)c2ccc(OC(C)C)cc2)n(C2CCCC2)n1. The van der Waals surface area contributed by atoms with Gasteiger partial charge in [-0.15, -0.1) is 0 Å². The van der Waals surface area contributed by atoms with Crippen LogP contribution < -0.4 is 10.1 Å². The fourth-order valence-corrected chi connectivity index (χ4v) is 3.18. The Morgan fingerprint density at radius 2 is 1.92 bits per heavy atom. The van der Waals surface area contributed by atoms with E-state index in [0.717, 1.165) is 30.1 Å². The van der Waals surface area contributed by atoms with E-state index in [2.05, 4.69) is 10.4 Å². The van der Waals surface area contributed by atoms with Crippen LogP contribution in [0.5, 0.6) is 5.75 Å². The van der Waals surface area contributed by atoms with E-state index in [9.17, 15) is 4.79 Å². The highest BCUT2D eigenvalue weighted by molar-refractivity contribution is 6.03. The van der Waals surface area contributed by atoms with Gasteiger partial charge in [-0.3, -0.25) is 4.79 Å². The van der Waals surface area contributed by atoms with Crippen LogP contribution in [-0.4, -0.2) is 21.8 Å². The molecule has 0 saturated heterocycles. The molecular weight excluding hydrogens is 302 g/mol. The normalized spacial score (nSPS) is 15.0. The van der Waals surface area contributed by atoms with E-state index in [1.165, 1.54) is 12.8 Å². The second-order valence-corrected chi connectivity index (χ2v) is 6.70. The second kappa shape index (κ2) is 7.07. The van der Waals surface area contributed by atoms with Crippen LogP contribution in [0.1, 0.15) is 61.6 Å². The first-order valence-electron chi connectivity index (χ1n) is 8.67. The van der Waals surface area contributed by atoms with Crippen molar-refractivity contribution in [1.82, 2.24) is 9.78 Å². The van der Waals surface area contributed by atoms with E-state index in [1.807, 2.05) is 43.7 Å². The van der Waals surface area contributed by atoms with Crippen LogP contribution in [0, 0.1) is 6.92 Å². The maximum absolute atomic E-state index is 12.5. The number of ether oxygens (including phenoxy) is 1. The van der Waals surface area contributed by atoms with Crippen LogP contribution in [0.3, 0.4) is 0 Å². The van der Waals surface area contributed by atoms with Crippen LogP contribution in [0.15, 0.2) is 30.3 Å². The Morgan fingerprint density at radius 3 is 2.54 bits per heavy atom. The lowest BCUT2D eigenvalue weighted by molar-refractivity contribution is 0.102. The third-order valence-corrected chi connectivity index (χ3v) is 4.26. The number of hydrogen-bond acceptors (Lipinski definition) is 3. The van der Waals surface area contributed by atoms with Crippen molar-refractivity contribution in [3.8, 4) is 5.75 Å². The molecule has 1 saturated carbocycles. The van der Waals surface area contributed by atoms with Gasteiger partial charge in [0.15, 0.2) is 0 Å². The largest absolute Gasteiger partial charge is 0.491 e. The quantitative estimate of drug-likeness (QED) is 0.888. The number of aryl methyl sites for hydroxylation is 1. The molecule has 1 heterocycles. The van der Waals surface area contributed by atoms with Crippen molar-refractivity contribution in [1.29, 1.82) is 0 Å².